The molecule has 5 heteroatoms. The molecule has 0 aromatic heterocycles. The summed E-state index contributed by atoms with van der Waals surface area (Å²) in [6.07, 6.45) is 0.406. The van der Waals surface area contributed by atoms with Crippen LogP contribution < -0.4 is 5.73 Å². The molecule has 0 heterocycles. The van der Waals surface area contributed by atoms with Crippen molar-refractivity contribution in [3.8, 4) is 5.75 Å². The maximum atomic E-state index is 11.1. The van der Waals surface area contributed by atoms with Crippen LogP contribution in [0.4, 0.5) is 0 Å². The van der Waals surface area contributed by atoms with Crippen molar-refractivity contribution >= 4 is 28.6 Å². The van der Waals surface area contributed by atoms with Crippen molar-refractivity contribution in [1.82, 2.24) is 0 Å². The standard InChI is InChI=1S/C10H12INO3/c1-15-10(14)8(12)5-6-2-3-9(13)7(11)4-6/h2-4,8,13H,5,12H2,1H3/t8-/m0/s1. The molecule has 82 valence electrons. The SMILES string of the molecule is COC(=O)[C@@H](N)Cc1ccc(O)c(I)c1. The Balaban J connectivity index is 2.73. The molecule has 0 aliphatic carbocycles. The lowest BCUT2D eigenvalue weighted by Crippen LogP contribution is -2.33. The number of hydrogen-bond donors (Lipinski definition) is 2. The summed E-state index contributed by atoms with van der Waals surface area (Å²) in [5.41, 5.74) is 6.51. The minimum Gasteiger partial charge on any atom is -0.507 e. The van der Waals surface area contributed by atoms with Crippen molar-refractivity contribution in [2.75, 3.05) is 7.11 Å². The van der Waals surface area contributed by atoms with E-state index in [0.29, 0.717) is 6.42 Å². The van der Waals surface area contributed by atoms with E-state index in [9.17, 15) is 9.90 Å². The van der Waals surface area contributed by atoms with E-state index in [1.54, 1.807) is 18.2 Å². The third kappa shape index (κ3) is 3.35. The number of halogens is 1. The molecule has 0 aliphatic heterocycles. The second-order valence-electron chi connectivity index (χ2n) is 3.12. The van der Waals surface area contributed by atoms with Crippen LogP contribution in [0.5, 0.6) is 5.75 Å². The predicted molar refractivity (Wildman–Crippen MR) is 64.5 cm³/mol. The van der Waals surface area contributed by atoms with E-state index in [1.807, 2.05) is 22.6 Å². The summed E-state index contributed by atoms with van der Waals surface area (Å²) in [6, 6.07) is 4.45. The van der Waals surface area contributed by atoms with Gasteiger partial charge < -0.3 is 15.6 Å². The second-order valence-corrected chi connectivity index (χ2v) is 4.28. The Morgan fingerprint density at radius 1 is 1.67 bits per heavy atom. The summed E-state index contributed by atoms with van der Waals surface area (Å²) in [7, 11) is 1.31. The van der Waals surface area contributed by atoms with E-state index in [1.165, 1.54) is 7.11 Å². The number of phenols is 1. The molecular formula is C10H12INO3. The maximum Gasteiger partial charge on any atom is 0.322 e. The zero-order valence-electron chi connectivity index (χ0n) is 8.24. The van der Waals surface area contributed by atoms with Crippen molar-refractivity contribution < 1.29 is 14.6 Å². The van der Waals surface area contributed by atoms with Crippen molar-refractivity contribution in [2.24, 2.45) is 5.73 Å². The molecule has 4 nitrogen and oxygen atoms in total. The highest BCUT2D eigenvalue weighted by atomic mass is 127. The number of phenolic OH excluding ortho intramolecular Hbond substituents is 1. The molecule has 0 aliphatic rings. The van der Waals surface area contributed by atoms with Crippen LogP contribution in [-0.4, -0.2) is 24.2 Å². The molecular weight excluding hydrogens is 309 g/mol. The van der Waals surface area contributed by atoms with Gasteiger partial charge in [0, 0.05) is 0 Å². The van der Waals surface area contributed by atoms with Crippen molar-refractivity contribution in [3.05, 3.63) is 27.3 Å². The van der Waals surface area contributed by atoms with E-state index >= 15 is 0 Å². The molecule has 0 saturated carbocycles. The van der Waals surface area contributed by atoms with Crippen LogP contribution in [0.15, 0.2) is 18.2 Å². The van der Waals surface area contributed by atoms with Crippen LogP contribution in [0.2, 0.25) is 0 Å². The van der Waals surface area contributed by atoms with E-state index in [-0.39, 0.29) is 5.75 Å². The van der Waals surface area contributed by atoms with Gasteiger partial charge in [0.2, 0.25) is 0 Å². The Bertz CT molecular complexity index is 368. The van der Waals surface area contributed by atoms with Crippen LogP contribution in [0.25, 0.3) is 0 Å². The van der Waals surface area contributed by atoms with E-state index in [4.69, 9.17) is 5.73 Å². The number of methoxy groups -OCH3 is 1. The zero-order valence-corrected chi connectivity index (χ0v) is 10.4. The van der Waals surface area contributed by atoms with Crippen molar-refractivity contribution in [3.63, 3.8) is 0 Å². The molecule has 0 fully saturated rings. The number of carbonyl (C=O) groups is 1. The number of esters is 1. The van der Waals surface area contributed by atoms with Gasteiger partial charge in [-0.1, -0.05) is 6.07 Å². The summed E-state index contributed by atoms with van der Waals surface area (Å²) in [4.78, 5) is 11.1. The van der Waals surface area contributed by atoms with Crippen LogP contribution in [-0.2, 0) is 16.0 Å². The number of nitrogens with two attached hydrogens (primary N) is 1. The highest BCUT2D eigenvalue weighted by Gasteiger charge is 2.14. The average molecular weight is 321 g/mol. The topological polar surface area (TPSA) is 72.5 Å². The van der Waals surface area contributed by atoms with Crippen molar-refractivity contribution in [1.29, 1.82) is 0 Å². The number of rotatable bonds is 3. The summed E-state index contributed by atoms with van der Waals surface area (Å²) in [5.74, 6) is -0.205. The van der Waals surface area contributed by atoms with Gasteiger partial charge in [-0.2, -0.15) is 0 Å². The molecule has 15 heavy (non-hydrogen) atoms. The van der Waals surface area contributed by atoms with Crippen LogP contribution in [0.1, 0.15) is 5.56 Å². The molecule has 1 aromatic rings. The van der Waals surface area contributed by atoms with Gasteiger partial charge in [-0.05, 0) is 46.7 Å². The van der Waals surface area contributed by atoms with Gasteiger partial charge >= 0.3 is 5.97 Å². The fourth-order valence-electron chi connectivity index (χ4n) is 1.17. The van der Waals surface area contributed by atoms with E-state index < -0.39 is 12.0 Å². The minimum atomic E-state index is -0.657. The molecule has 0 bridgehead atoms. The van der Waals surface area contributed by atoms with Crippen LogP contribution in [0, 0.1) is 3.57 Å². The number of carbonyl (C=O) groups excluding carboxylic acids is 1. The molecule has 0 saturated heterocycles. The van der Waals surface area contributed by atoms with Crippen molar-refractivity contribution in [2.45, 2.75) is 12.5 Å². The normalized spacial score (nSPS) is 12.2. The van der Waals surface area contributed by atoms with Gasteiger partial charge in [0.05, 0.1) is 10.7 Å². The summed E-state index contributed by atoms with van der Waals surface area (Å²) < 4.78 is 5.26. The predicted octanol–water partition coefficient (Wildman–Crippen LogP) is 1.04. The summed E-state index contributed by atoms with van der Waals surface area (Å²) in [6.45, 7) is 0. The Labute approximate surface area is 102 Å². The van der Waals surface area contributed by atoms with Gasteiger partial charge in [0.1, 0.15) is 11.8 Å². The zero-order chi connectivity index (χ0) is 11.4. The molecule has 0 amide bonds. The quantitative estimate of drug-likeness (QED) is 0.644. The molecule has 3 N–H and O–H groups in total. The third-order valence-electron chi connectivity index (χ3n) is 1.97. The number of ether oxygens (including phenoxy) is 1. The monoisotopic (exact) mass is 321 g/mol. The fraction of sp³-hybridized carbons (Fsp3) is 0.300. The fourth-order valence-corrected chi connectivity index (χ4v) is 1.75. The first-order valence-corrected chi connectivity index (χ1v) is 5.43. The minimum absolute atomic E-state index is 0.228. The lowest BCUT2D eigenvalue weighted by Gasteiger charge is -2.09. The molecule has 0 spiro atoms. The van der Waals surface area contributed by atoms with Crippen LogP contribution in [0.3, 0.4) is 0 Å². The Morgan fingerprint density at radius 2 is 2.33 bits per heavy atom. The van der Waals surface area contributed by atoms with Gasteiger partial charge in [-0.15, -0.1) is 0 Å². The molecule has 0 radical (unpaired) electrons. The Morgan fingerprint density at radius 3 is 2.87 bits per heavy atom. The largest absolute Gasteiger partial charge is 0.507 e. The van der Waals surface area contributed by atoms with E-state index in [0.717, 1.165) is 9.13 Å². The Kier molecular flexibility index (Phi) is 4.34. The first-order valence-electron chi connectivity index (χ1n) is 4.35. The second kappa shape index (κ2) is 5.32. The number of hydrogen-bond acceptors (Lipinski definition) is 4. The smallest absolute Gasteiger partial charge is 0.322 e. The average Bonchev–Trinajstić information content (AvgIpc) is 2.22. The number of aromatic hydroxyl groups is 1. The Hall–Kier alpha value is -0.820. The lowest BCUT2D eigenvalue weighted by molar-refractivity contribution is -0.142. The maximum absolute atomic E-state index is 11.1. The molecule has 1 aromatic carbocycles. The molecule has 1 atom stereocenters. The third-order valence-corrected chi connectivity index (χ3v) is 2.84. The highest BCUT2D eigenvalue weighted by molar-refractivity contribution is 14.1. The molecule has 0 unspecified atom stereocenters. The summed E-state index contributed by atoms with van der Waals surface area (Å²) >= 11 is 2.02. The van der Waals surface area contributed by atoms with Gasteiger partial charge in [0.15, 0.2) is 0 Å². The first kappa shape index (κ1) is 12.3. The van der Waals surface area contributed by atoms with E-state index in [2.05, 4.69) is 4.74 Å². The highest BCUT2D eigenvalue weighted by Crippen LogP contribution is 2.20. The van der Waals surface area contributed by atoms with Gasteiger partial charge in [-0.3, -0.25) is 4.79 Å². The van der Waals surface area contributed by atoms with Gasteiger partial charge in [-0.25, -0.2) is 0 Å². The number of benzene rings is 1. The molecule has 1 rings (SSSR count). The van der Waals surface area contributed by atoms with Gasteiger partial charge in [0.25, 0.3) is 0 Å². The van der Waals surface area contributed by atoms with Crippen LogP contribution >= 0.6 is 22.6 Å². The summed E-state index contributed by atoms with van der Waals surface area (Å²) in [5, 5.41) is 9.30. The first-order chi connectivity index (χ1) is 7.04. The lowest BCUT2D eigenvalue weighted by atomic mass is 10.1.